The van der Waals surface area contributed by atoms with E-state index in [-0.39, 0.29) is 6.42 Å². The van der Waals surface area contributed by atoms with E-state index in [9.17, 15) is 13.9 Å². The van der Waals surface area contributed by atoms with Crippen molar-refractivity contribution in [2.24, 2.45) is 5.92 Å². The molecule has 0 radical (unpaired) electrons. The molecule has 0 amide bonds. The first-order chi connectivity index (χ1) is 9.95. The van der Waals surface area contributed by atoms with Crippen LogP contribution in [0.15, 0.2) is 42.5 Å². The second-order valence-corrected chi connectivity index (χ2v) is 5.81. The van der Waals surface area contributed by atoms with Crippen LogP contribution in [-0.2, 0) is 12.8 Å². The smallest absolute Gasteiger partial charge is 0.159 e. The van der Waals surface area contributed by atoms with Gasteiger partial charge in [-0.3, -0.25) is 0 Å². The van der Waals surface area contributed by atoms with Crippen molar-refractivity contribution in [2.45, 2.75) is 32.8 Å². The van der Waals surface area contributed by atoms with E-state index in [2.05, 4.69) is 13.8 Å². The monoisotopic (exact) mass is 290 g/mol. The van der Waals surface area contributed by atoms with Crippen molar-refractivity contribution in [1.82, 2.24) is 0 Å². The molecule has 0 saturated heterocycles. The van der Waals surface area contributed by atoms with Gasteiger partial charge in [0.25, 0.3) is 0 Å². The van der Waals surface area contributed by atoms with Crippen LogP contribution in [0.25, 0.3) is 0 Å². The zero-order valence-electron chi connectivity index (χ0n) is 12.3. The Labute approximate surface area is 124 Å². The molecule has 0 fully saturated rings. The van der Waals surface area contributed by atoms with Crippen LogP contribution in [0, 0.1) is 17.6 Å². The number of benzene rings is 2. The van der Waals surface area contributed by atoms with Crippen LogP contribution in [0.3, 0.4) is 0 Å². The Morgan fingerprint density at radius 3 is 2.05 bits per heavy atom. The summed E-state index contributed by atoms with van der Waals surface area (Å²) in [6.45, 7) is 4.32. The molecule has 1 nitrogen and oxygen atoms in total. The maximum atomic E-state index is 13.1. The van der Waals surface area contributed by atoms with E-state index in [1.54, 1.807) is 0 Å². The van der Waals surface area contributed by atoms with Crippen molar-refractivity contribution in [3.05, 3.63) is 70.8 Å². The lowest BCUT2D eigenvalue weighted by atomic mass is 9.97. The Morgan fingerprint density at radius 1 is 0.857 bits per heavy atom. The summed E-state index contributed by atoms with van der Waals surface area (Å²) >= 11 is 0. The molecule has 2 aromatic carbocycles. The van der Waals surface area contributed by atoms with Crippen LogP contribution < -0.4 is 0 Å². The minimum atomic E-state index is -0.882. The summed E-state index contributed by atoms with van der Waals surface area (Å²) in [6, 6.07) is 11.5. The van der Waals surface area contributed by atoms with Crippen molar-refractivity contribution in [3.8, 4) is 0 Å². The number of halogens is 2. The molecule has 0 aliphatic heterocycles. The summed E-state index contributed by atoms with van der Waals surface area (Å²) in [5.41, 5.74) is 2.59. The Morgan fingerprint density at radius 2 is 1.48 bits per heavy atom. The molecule has 0 aliphatic rings. The van der Waals surface area contributed by atoms with E-state index in [1.165, 1.54) is 11.6 Å². The molecule has 0 aliphatic carbocycles. The van der Waals surface area contributed by atoms with Gasteiger partial charge < -0.3 is 5.11 Å². The molecule has 21 heavy (non-hydrogen) atoms. The molecule has 1 N–H and O–H groups in total. The van der Waals surface area contributed by atoms with Gasteiger partial charge in [0.2, 0.25) is 0 Å². The first-order valence-corrected chi connectivity index (χ1v) is 7.16. The van der Waals surface area contributed by atoms with E-state index in [0.717, 1.165) is 24.1 Å². The molecular formula is C18H20F2O. The average molecular weight is 290 g/mol. The maximum absolute atomic E-state index is 13.1. The Bertz CT molecular complexity index is 591. The predicted octanol–water partition coefficient (Wildman–Crippen LogP) is 4.44. The standard InChI is InChI=1S/C18H20F2O/c1-12(2)9-13-3-6-15(7-4-13)18(21)11-14-5-8-16(19)17(20)10-14/h3-8,10,12,18,21H,9,11H2,1-2H3. The Hall–Kier alpha value is -1.74. The number of aliphatic hydroxyl groups is 1. The van der Waals surface area contributed by atoms with Crippen LogP contribution in [0.2, 0.25) is 0 Å². The van der Waals surface area contributed by atoms with E-state index in [1.807, 2.05) is 24.3 Å². The van der Waals surface area contributed by atoms with Crippen LogP contribution in [0.1, 0.15) is 36.6 Å². The van der Waals surface area contributed by atoms with Gasteiger partial charge in [0.05, 0.1) is 6.10 Å². The van der Waals surface area contributed by atoms with Crippen molar-refractivity contribution in [1.29, 1.82) is 0 Å². The highest BCUT2D eigenvalue weighted by Gasteiger charge is 2.11. The summed E-state index contributed by atoms with van der Waals surface area (Å²) in [7, 11) is 0. The van der Waals surface area contributed by atoms with Gasteiger partial charge in [-0.1, -0.05) is 44.2 Å². The molecule has 0 spiro atoms. The highest BCUT2D eigenvalue weighted by Crippen LogP contribution is 2.21. The lowest BCUT2D eigenvalue weighted by Gasteiger charge is -2.13. The predicted molar refractivity (Wildman–Crippen MR) is 80.0 cm³/mol. The van der Waals surface area contributed by atoms with Crippen LogP contribution in [-0.4, -0.2) is 5.11 Å². The van der Waals surface area contributed by atoms with Crippen molar-refractivity contribution < 1.29 is 13.9 Å². The summed E-state index contributed by atoms with van der Waals surface area (Å²) in [5.74, 6) is -1.17. The van der Waals surface area contributed by atoms with Gasteiger partial charge in [-0.25, -0.2) is 8.78 Å². The van der Waals surface area contributed by atoms with E-state index in [0.29, 0.717) is 11.5 Å². The van der Waals surface area contributed by atoms with E-state index >= 15 is 0 Å². The number of aliphatic hydroxyl groups excluding tert-OH is 1. The highest BCUT2D eigenvalue weighted by molar-refractivity contribution is 5.27. The summed E-state index contributed by atoms with van der Waals surface area (Å²) in [5, 5.41) is 10.2. The van der Waals surface area contributed by atoms with Crippen LogP contribution in [0.5, 0.6) is 0 Å². The molecule has 0 aromatic heterocycles. The van der Waals surface area contributed by atoms with Gasteiger partial charge >= 0.3 is 0 Å². The molecule has 2 rings (SSSR count). The third-order valence-corrected chi connectivity index (χ3v) is 3.42. The van der Waals surface area contributed by atoms with Gasteiger partial charge in [0.1, 0.15) is 0 Å². The lowest BCUT2D eigenvalue weighted by molar-refractivity contribution is 0.178. The molecule has 1 unspecified atom stereocenters. The zero-order chi connectivity index (χ0) is 15.4. The molecular weight excluding hydrogens is 270 g/mol. The SMILES string of the molecule is CC(C)Cc1ccc(C(O)Cc2ccc(F)c(F)c2)cc1. The first-order valence-electron chi connectivity index (χ1n) is 7.16. The Kier molecular flexibility index (Phi) is 5.07. The maximum Gasteiger partial charge on any atom is 0.159 e. The fourth-order valence-electron chi connectivity index (χ4n) is 2.35. The van der Waals surface area contributed by atoms with Crippen molar-refractivity contribution in [3.63, 3.8) is 0 Å². The third-order valence-electron chi connectivity index (χ3n) is 3.42. The largest absolute Gasteiger partial charge is 0.388 e. The number of hydrogen-bond acceptors (Lipinski definition) is 1. The molecule has 0 bridgehead atoms. The molecule has 0 saturated carbocycles. The summed E-state index contributed by atoms with van der Waals surface area (Å²) in [4.78, 5) is 0. The first kappa shape index (κ1) is 15.6. The second-order valence-electron chi connectivity index (χ2n) is 5.81. The average Bonchev–Trinajstić information content (AvgIpc) is 2.43. The molecule has 0 heterocycles. The number of rotatable bonds is 5. The van der Waals surface area contributed by atoms with Crippen molar-refractivity contribution in [2.75, 3.05) is 0 Å². The fraction of sp³-hybridized carbons (Fsp3) is 0.333. The highest BCUT2D eigenvalue weighted by atomic mass is 19.2. The van der Waals surface area contributed by atoms with Gasteiger partial charge in [-0.05, 0) is 41.2 Å². The minimum Gasteiger partial charge on any atom is -0.388 e. The molecule has 2 aromatic rings. The molecule has 112 valence electrons. The van der Waals surface area contributed by atoms with Crippen LogP contribution in [0.4, 0.5) is 8.78 Å². The van der Waals surface area contributed by atoms with Gasteiger partial charge in [0.15, 0.2) is 11.6 Å². The summed E-state index contributed by atoms with van der Waals surface area (Å²) < 4.78 is 26.0. The number of hydrogen-bond donors (Lipinski definition) is 1. The lowest BCUT2D eigenvalue weighted by Crippen LogP contribution is -2.03. The van der Waals surface area contributed by atoms with E-state index in [4.69, 9.17) is 0 Å². The van der Waals surface area contributed by atoms with Gasteiger partial charge in [-0.15, -0.1) is 0 Å². The Balaban J connectivity index is 2.05. The van der Waals surface area contributed by atoms with E-state index < -0.39 is 17.7 Å². The zero-order valence-corrected chi connectivity index (χ0v) is 12.3. The quantitative estimate of drug-likeness (QED) is 0.863. The minimum absolute atomic E-state index is 0.265. The van der Waals surface area contributed by atoms with Gasteiger partial charge in [0, 0.05) is 6.42 Å². The third kappa shape index (κ3) is 4.36. The van der Waals surface area contributed by atoms with Gasteiger partial charge in [-0.2, -0.15) is 0 Å². The summed E-state index contributed by atoms with van der Waals surface area (Å²) in [6.07, 6.45) is 0.545. The normalized spacial score (nSPS) is 12.7. The molecule has 1 atom stereocenters. The van der Waals surface area contributed by atoms with Crippen molar-refractivity contribution >= 4 is 0 Å². The molecule has 3 heteroatoms. The topological polar surface area (TPSA) is 20.2 Å². The second kappa shape index (κ2) is 6.81. The van der Waals surface area contributed by atoms with Crippen LogP contribution >= 0.6 is 0 Å². The fourth-order valence-corrected chi connectivity index (χ4v) is 2.35.